The third kappa shape index (κ3) is 5.89. The van der Waals surface area contributed by atoms with E-state index >= 15 is 0 Å². The van der Waals surface area contributed by atoms with Crippen LogP contribution in [-0.2, 0) is 29.7 Å². The summed E-state index contributed by atoms with van der Waals surface area (Å²) in [6.07, 6.45) is 4.25. The number of rotatable bonds is 6. The minimum atomic E-state index is -1.30. The van der Waals surface area contributed by atoms with Gasteiger partial charge in [0.2, 0.25) is 5.91 Å². The Morgan fingerprint density at radius 2 is 1.55 bits per heavy atom. The van der Waals surface area contributed by atoms with E-state index in [9.17, 15) is 14.7 Å². The average molecular weight is 723 g/mol. The van der Waals surface area contributed by atoms with Crippen LogP contribution in [-0.4, -0.2) is 65.5 Å². The summed E-state index contributed by atoms with van der Waals surface area (Å²) in [5, 5.41) is 14.7. The molecule has 2 fully saturated rings. The number of Topliss-reactive ketones (excluding diaryl/α,β-unsaturated/α-hetero) is 1. The number of aryl methyl sites for hydroxylation is 1. The first-order valence-corrected chi connectivity index (χ1v) is 19.1. The van der Waals surface area contributed by atoms with Crippen LogP contribution in [0.25, 0.3) is 0 Å². The van der Waals surface area contributed by atoms with Crippen LogP contribution in [0, 0.1) is 17.8 Å². The highest BCUT2D eigenvalue weighted by Gasteiger charge is 2.54. The number of para-hydroxylation sites is 1. The molecule has 6 nitrogen and oxygen atoms in total. The van der Waals surface area contributed by atoms with E-state index in [1.807, 2.05) is 84.7 Å². The third-order valence-corrected chi connectivity index (χ3v) is 12.8. The smallest absolute Gasteiger partial charge is 0.249 e. The highest BCUT2D eigenvalue weighted by molar-refractivity contribution is 6.31. The van der Waals surface area contributed by atoms with Crippen molar-refractivity contribution in [3.8, 4) is 0 Å². The van der Waals surface area contributed by atoms with Crippen molar-refractivity contribution in [3.63, 3.8) is 0 Å². The Morgan fingerprint density at radius 3 is 2.27 bits per heavy atom. The summed E-state index contributed by atoms with van der Waals surface area (Å²) in [7, 11) is 1.90. The largest absolute Gasteiger partial charge is 0.380 e. The van der Waals surface area contributed by atoms with Crippen molar-refractivity contribution in [2.24, 2.45) is 17.8 Å². The first-order valence-electron chi connectivity index (χ1n) is 18.3. The lowest BCUT2D eigenvalue weighted by molar-refractivity contribution is -0.132. The van der Waals surface area contributed by atoms with Gasteiger partial charge in [-0.2, -0.15) is 0 Å². The standard InChI is InChI=1S/C43H45Cl2N3O3/c1-28-21-31-24-35(45)25-32(22-30-14-13-29-23-34(44)15-16-37(29)40(30)49)39(31)43(51,33-9-5-3-6-10-33)38(28)26-47-19-17-42(18-20-47)41(50)46(2)27-48(42)36-11-7-4-8-12-36/h3-12,15-16,23-25,28,30,38,51H,13-14,17-22,26-27H2,1-2H3. The number of ketones is 1. The van der Waals surface area contributed by atoms with Gasteiger partial charge in [-0.15, -0.1) is 0 Å². The zero-order valence-electron chi connectivity index (χ0n) is 29.3. The number of benzene rings is 4. The second-order valence-corrected chi connectivity index (χ2v) is 16.2. The second kappa shape index (κ2) is 13.4. The average Bonchev–Trinajstić information content (AvgIpc) is 3.37. The minimum absolute atomic E-state index is 0.126. The molecule has 51 heavy (non-hydrogen) atoms. The fourth-order valence-electron chi connectivity index (χ4n) is 9.82. The van der Waals surface area contributed by atoms with Crippen LogP contribution >= 0.6 is 23.2 Å². The van der Waals surface area contributed by atoms with Crippen molar-refractivity contribution in [2.75, 3.05) is 38.3 Å². The summed E-state index contributed by atoms with van der Waals surface area (Å²) in [4.78, 5) is 34.3. The number of halogens is 2. The van der Waals surface area contributed by atoms with E-state index in [4.69, 9.17) is 23.2 Å². The Morgan fingerprint density at radius 1 is 0.863 bits per heavy atom. The number of amides is 1. The van der Waals surface area contributed by atoms with Crippen molar-refractivity contribution in [1.29, 1.82) is 0 Å². The molecular weight excluding hydrogens is 677 g/mol. The molecule has 4 aromatic rings. The Labute approximate surface area is 311 Å². The summed E-state index contributed by atoms with van der Waals surface area (Å²) >= 11 is 13.1. The Balaban J connectivity index is 1.12. The minimum Gasteiger partial charge on any atom is -0.380 e. The predicted molar refractivity (Wildman–Crippen MR) is 204 cm³/mol. The number of hydrogen-bond acceptors (Lipinski definition) is 5. The Hall–Kier alpha value is -3.68. The lowest BCUT2D eigenvalue weighted by Gasteiger charge is -2.50. The molecule has 2 saturated heterocycles. The van der Waals surface area contributed by atoms with Crippen molar-refractivity contribution >= 4 is 40.6 Å². The van der Waals surface area contributed by atoms with Gasteiger partial charge in [0.05, 0.1) is 6.67 Å². The number of piperidine rings is 1. The van der Waals surface area contributed by atoms with Crippen molar-refractivity contribution in [1.82, 2.24) is 9.80 Å². The maximum Gasteiger partial charge on any atom is 0.249 e. The molecule has 2 aliphatic heterocycles. The Bertz CT molecular complexity index is 1960. The molecule has 0 saturated carbocycles. The molecule has 0 radical (unpaired) electrons. The van der Waals surface area contributed by atoms with Gasteiger partial charge in [0.15, 0.2) is 5.78 Å². The quantitative estimate of drug-likeness (QED) is 0.220. The molecule has 8 rings (SSSR count). The third-order valence-electron chi connectivity index (χ3n) is 12.4. The van der Waals surface area contributed by atoms with Gasteiger partial charge < -0.3 is 19.8 Å². The van der Waals surface area contributed by atoms with Crippen molar-refractivity contribution < 1.29 is 14.7 Å². The van der Waals surface area contributed by atoms with E-state index in [0.29, 0.717) is 29.7 Å². The van der Waals surface area contributed by atoms with E-state index < -0.39 is 11.1 Å². The molecule has 4 atom stereocenters. The molecule has 1 amide bonds. The van der Waals surface area contributed by atoms with E-state index in [1.54, 1.807) is 6.07 Å². The summed E-state index contributed by atoms with van der Waals surface area (Å²) in [6.45, 7) is 5.04. The topological polar surface area (TPSA) is 64.1 Å². The molecular formula is C43H45Cl2N3O3. The summed E-state index contributed by atoms with van der Waals surface area (Å²) < 4.78 is 0. The lowest BCUT2D eigenvalue weighted by atomic mass is 9.61. The highest BCUT2D eigenvalue weighted by Crippen LogP contribution is 2.51. The highest BCUT2D eigenvalue weighted by atomic mass is 35.5. The van der Waals surface area contributed by atoms with Gasteiger partial charge >= 0.3 is 0 Å². The maximum absolute atomic E-state index is 13.9. The predicted octanol–water partition coefficient (Wildman–Crippen LogP) is 7.80. The zero-order chi connectivity index (χ0) is 35.5. The van der Waals surface area contributed by atoms with Gasteiger partial charge in [0, 0.05) is 59.8 Å². The van der Waals surface area contributed by atoms with Gasteiger partial charge in [0.25, 0.3) is 0 Å². The molecule has 1 N–H and O–H groups in total. The molecule has 2 heterocycles. The summed E-state index contributed by atoms with van der Waals surface area (Å²) in [6, 6.07) is 29.9. The number of carbonyl (C=O) groups is 2. The monoisotopic (exact) mass is 721 g/mol. The second-order valence-electron chi connectivity index (χ2n) is 15.4. The fraction of sp³-hybridized carbons (Fsp3) is 0.395. The first-order chi connectivity index (χ1) is 24.6. The van der Waals surface area contributed by atoms with Gasteiger partial charge in [-0.1, -0.05) is 78.7 Å². The van der Waals surface area contributed by atoms with Gasteiger partial charge in [-0.25, -0.2) is 0 Å². The first kappa shape index (κ1) is 34.4. The number of likely N-dealkylation sites (N-methyl/N-ethyl adjacent to an activating group) is 1. The number of aliphatic hydroxyl groups is 1. The van der Waals surface area contributed by atoms with Crippen LogP contribution in [0.1, 0.15) is 64.4 Å². The number of fused-ring (bicyclic) bond motifs is 2. The Kier molecular flexibility index (Phi) is 9.03. The molecule has 4 aromatic carbocycles. The van der Waals surface area contributed by atoms with Crippen LogP contribution in [0.3, 0.4) is 0 Å². The van der Waals surface area contributed by atoms with Gasteiger partial charge in [-0.3, -0.25) is 9.59 Å². The maximum atomic E-state index is 13.9. The molecule has 8 heteroatoms. The van der Waals surface area contributed by atoms with Gasteiger partial charge in [-0.05, 0) is 115 Å². The zero-order valence-corrected chi connectivity index (χ0v) is 30.8. The van der Waals surface area contributed by atoms with E-state index in [1.165, 1.54) is 0 Å². The molecule has 0 aromatic heterocycles. The van der Waals surface area contributed by atoms with Crippen LogP contribution < -0.4 is 4.90 Å². The molecule has 1 spiro atoms. The lowest BCUT2D eigenvalue weighted by Crippen LogP contribution is -2.58. The van der Waals surface area contributed by atoms with E-state index in [-0.39, 0.29) is 29.4 Å². The molecule has 2 aliphatic carbocycles. The summed E-state index contributed by atoms with van der Waals surface area (Å²) in [5.41, 5.74) is 4.74. The van der Waals surface area contributed by atoms with Crippen LogP contribution in [0.4, 0.5) is 5.69 Å². The van der Waals surface area contributed by atoms with Crippen LogP contribution in [0.2, 0.25) is 10.0 Å². The van der Waals surface area contributed by atoms with E-state index in [2.05, 4.69) is 28.9 Å². The SMILES string of the molecule is CC1Cc2cc(Cl)cc(CC3CCc4cc(Cl)ccc4C3=O)c2C(O)(c2ccccc2)C1CN1CCC2(CC1)C(=O)N(C)CN2c1ccccc1. The normalized spacial score (nSPS) is 26.0. The molecule has 4 unspecified atom stereocenters. The van der Waals surface area contributed by atoms with E-state index in [0.717, 1.165) is 84.3 Å². The molecule has 4 aliphatic rings. The van der Waals surface area contributed by atoms with Crippen LogP contribution in [0.5, 0.6) is 0 Å². The van der Waals surface area contributed by atoms with Crippen LogP contribution in [0.15, 0.2) is 91.0 Å². The number of hydrogen-bond donors (Lipinski definition) is 1. The molecule has 0 bridgehead atoms. The number of anilines is 1. The number of carbonyl (C=O) groups excluding carboxylic acids is 2. The number of likely N-dealkylation sites (tertiary alicyclic amines) is 1. The van der Waals surface area contributed by atoms with Gasteiger partial charge in [0.1, 0.15) is 11.1 Å². The fourth-order valence-corrected chi connectivity index (χ4v) is 10.3. The molecule has 264 valence electrons. The number of nitrogens with zero attached hydrogens (tertiary/aromatic N) is 3. The van der Waals surface area contributed by atoms with Crippen molar-refractivity contribution in [2.45, 2.75) is 56.6 Å². The summed E-state index contributed by atoms with van der Waals surface area (Å²) in [5.74, 6) is 0.129. The van der Waals surface area contributed by atoms with Crippen molar-refractivity contribution in [3.05, 3.63) is 134 Å².